The monoisotopic (exact) mass is 499 g/mol. The Bertz CT molecular complexity index is 1150. The average molecular weight is 500 g/mol. The van der Waals surface area contributed by atoms with Crippen LogP contribution in [-0.4, -0.2) is 47.5 Å². The molecule has 2 saturated heterocycles. The molecule has 1 aromatic carbocycles. The zero-order chi connectivity index (χ0) is 21.2. The van der Waals surface area contributed by atoms with Crippen LogP contribution in [0.5, 0.6) is 0 Å². The van der Waals surface area contributed by atoms with Gasteiger partial charge in [-0.1, -0.05) is 12.1 Å². The van der Waals surface area contributed by atoms with Crippen LogP contribution in [0.15, 0.2) is 47.3 Å². The lowest BCUT2D eigenvalue weighted by Crippen LogP contribution is -2.63. The molecule has 162 valence electrons. The summed E-state index contributed by atoms with van der Waals surface area (Å²) in [5, 5.41) is 1.35. The van der Waals surface area contributed by atoms with Gasteiger partial charge in [-0.3, -0.25) is 9.88 Å². The first-order valence-electron chi connectivity index (χ1n) is 10.7. The second kappa shape index (κ2) is 7.30. The molecule has 2 aromatic heterocycles. The number of likely N-dealkylation sites (tertiary alicyclic amines) is 1. The number of nitrogens with zero attached hydrogens (tertiary/aromatic N) is 2. The maximum atomic E-state index is 6.53. The molecule has 4 atom stereocenters. The van der Waals surface area contributed by atoms with Crippen molar-refractivity contribution in [2.45, 2.75) is 29.4 Å². The summed E-state index contributed by atoms with van der Waals surface area (Å²) >= 11 is 5.54. The van der Waals surface area contributed by atoms with E-state index in [1.54, 1.807) is 0 Å². The highest BCUT2D eigenvalue weighted by molar-refractivity contribution is 9.10. The SMILES string of the molecule is CO[C@]12C[C@@H](C3(c4cncc(Br)c4)NNCS3)CN(C)[C@@H]1Cc1c[nH]c3cccc2c13. The van der Waals surface area contributed by atoms with E-state index in [-0.39, 0.29) is 10.5 Å². The van der Waals surface area contributed by atoms with E-state index in [1.807, 2.05) is 31.3 Å². The number of hydrazine groups is 1. The van der Waals surface area contributed by atoms with Crippen molar-refractivity contribution in [1.29, 1.82) is 0 Å². The van der Waals surface area contributed by atoms with Crippen LogP contribution in [-0.2, 0) is 21.6 Å². The number of ether oxygens (including phenoxy) is 1. The average Bonchev–Trinajstić information content (AvgIpc) is 3.44. The molecule has 3 N–H and O–H groups in total. The molecule has 0 saturated carbocycles. The number of benzene rings is 1. The molecule has 2 fully saturated rings. The predicted octanol–water partition coefficient (Wildman–Crippen LogP) is 3.70. The summed E-state index contributed by atoms with van der Waals surface area (Å²) in [6, 6.07) is 9.09. The van der Waals surface area contributed by atoms with Gasteiger partial charge in [-0.05, 0) is 59.1 Å². The highest BCUT2D eigenvalue weighted by Gasteiger charge is 2.57. The molecule has 1 unspecified atom stereocenters. The van der Waals surface area contributed by atoms with Gasteiger partial charge in [0.15, 0.2) is 0 Å². The van der Waals surface area contributed by atoms with Crippen LogP contribution in [0.2, 0.25) is 0 Å². The Hall–Kier alpha value is -1.42. The van der Waals surface area contributed by atoms with Crippen LogP contribution in [0.3, 0.4) is 0 Å². The maximum Gasteiger partial charge on any atom is 0.110 e. The number of thioether (sulfide) groups is 1. The van der Waals surface area contributed by atoms with E-state index in [2.05, 4.69) is 79.2 Å². The smallest absolute Gasteiger partial charge is 0.110 e. The Labute approximate surface area is 194 Å². The van der Waals surface area contributed by atoms with Crippen molar-refractivity contribution >= 4 is 38.6 Å². The van der Waals surface area contributed by atoms with E-state index in [0.29, 0.717) is 12.0 Å². The minimum atomic E-state index is -0.357. The zero-order valence-corrected chi connectivity index (χ0v) is 20.0. The molecule has 6 nitrogen and oxygen atoms in total. The van der Waals surface area contributed by atoms with E-state index < -0.39 is 0 Å². The minimum absolute atomic E-state index is 0.270. The zero-order valence-electron chi connectivity index (χ0n) is 17.6. The lowest BCUT2D eigenvalue weighted by Gasteiger charge is -2.55. The Balaban J connectivity index is 1.50. The van der Waals surface area contributed by atoms with Crippen molar-refractivity contribution in [3.8, 4) is 0 Å². The normalized spacial score (nSPS) is 33.0. The fourth-order valence-corrected chi connectivity index (χ4v) is 7.72. The molecule has 1 aliphatic carbocycles. The quantitative estimate of drug-likeness (QED) is 0.510. The molecular weight excluding hydrogens is 474 g/mol. The molecule has 6 rings (SSSR count). The van der Waals surface area contributed by atoms with Gasteiger partial charge in [0.1, 0.15) is 10.5 Å². The molecule has 31 heavy (non-hydrogen) atoms. The van der Waals surface area contributed by atoms with Crippen LogP contribution >= 0.6 is 27.7 Å². The van der Waals surface area contributed by atoms with Crippen molar-refractivity contribution < 1.29 is 4.74 Å². The molecule has 0 spiro atoms. The Morgan fingerprint density at radius 1 is 1.32 bits per heavy atom. The minimum Gasteiger partial charge on any atom is -0.372 e. The van der Waals surface area contributed by atoms with Crippen LogP contribution in [0.1, 0.15) is 23.1 Å². The largest absolute Gasteiger partial charge is 0.372 e. The number of rotatable bonds is 3. The maximum absolute atomic E-state index is 6.53. The van der Waals surface area contributed by atoms with Crippen LogP contribution in [0.4, 0.5) is 0 Å². The van der Waals surface area contributed by atoms with Crippen molar-refractivity contribution in [1.82, 2.24) is 25.7 Å². The van der Waals surface area contributed by atoms with Crippen molar-refractivity contribution in [2.75, 3.05) is 26.6 Å². The van der Waals surface area contributed by atoms with Gasteiger partial charge >= 0.3 is 0 Å². The molecule has 3 aliphatic rings. The Morgan fingerprint density at radius 2 is 2.23 bits per heavy atom. The Morgan fingerprint density at radius 3 is 3.00 bits per heavy atom. The number of aromatic amines is 1. The van der Waals surface area contributed by atoms with Crippen molar-refractivity contribution in [3.05, 3.63) is 64.0 Å². The standard InChI is InChI=1S/C23H26BrN5OS/c1-29-12-16(23(28-27-13-31-23)15-7-17(24)11-25-10-15)8-22(30-2)18-4-3-5-19-21(18)14(9-26-19)6-20(22)29/h3-5,7,9-11,16,20,26-28H,6,8,12-13H2,1-2H3/t16-,20-,22+,23?/m1/s1. The molecule has 0 bridgehead atoms. The number of halogens is 1. The molecule has 0 radical (unpaired) electrons. The number of piperidine rings is 1. The summed E-state index contributed by atoms with van der Waals surface area (Å²) < 4.78 is 7.53. The third kappa shape index (κ3) is 2.82. The first-order chi connectivity index (χ1) is 15.1. The van der Waals surface area contributed by atoms with Gasteiger partial charge in [-0.2, -0.15) is 0 Å². The first-order valence-corrected chi connectivity index (χ1v) is 12.4. The summed E-state index contributed by atoms with van der Waals surface area (Å²) in [4.78, 5) is 10.2. The third-order valence-electron chi connectivity index (χ3n) is 7.50. The van der Waals surface area contributed by atoms with Gasteiger partial charge in [-0.15, -0.1) is 11.8 Å². The molecular formula is C23H26BrN5OS. The number of methoxy groups -OCH3 is 1. The van der Waals surface area contributed by atoms with Crippen LogP contribution in [0, 0.1) is 5.92 Å². The van der Waals surface area contributed by atoms with Gasteiger partial charge in [0.2, 0.25) is 0 Å². The number of fused-ring (bicyclic) bond motifs is 2. The number of nitrogens with one attached hydrogen (secondary N) is 3. The number of pyridine rings is 1. The van der Waals surface area contributed by atoms with Gasteiger partial charge in [0.25, 0.3) is 0 Å². The topological polar surface area (TPSA) is 65.2 Å². The van der Waals surface area contributed by atoms with E-state index in [4.69, 9.17) is 4.74 Å². The second-order valence-electron chi connectivity index (χ2n) is 8.91. The first kappa shape index (κ1) is 20.2. The Kier molecular flexibility index (Phi) is 4.76. The van der Waals surface area contributed by atoms with Gasteiger partial charge < -0.3 is 9.72 Å². The number of aromatic nitrogens is 2. The summed E-state index contributed by atoms with van der Waals surface area (Å²) in [5.74, 6) is 1.17. The number of hydrogen-bond donors (Lipinski definition) is 3. The lowest BCUT2D eigenvalue weighted by molar-refractivity contribution is -0.132. The van der Waals surface area contributed by atoms with E-state index in [1.165, 1.54) is 27.6 Å². The molecule has 2 aliphatic heterocycles. The van der Waals surface area contributed by atoms with Gasteiger partial charge in [-0.25, -0.2) is 10.9 Å². The molecule has 0 amide bonds. The van der Waals surface area contributed by atoms with Crippen LogP contribution < -0.4 is 10.9 Å². The third-order valence-corrected chi connectivity index (χ3v) is 9.35. The number of likely N-dealkylation sites (N-methyl/N-ethyl adjacent to an activating group) is 1. The fourth-order valence-electron chi connectivity index (χ4n) is 6.17. The van der Waals surface area contributed by atoms with E-state index >= 15 is 0 Å². The molecule has 3 aromatic rings. The highest BCUT2D eigenvalue weighted by Crippen LogP contribution is 2.55. The summed E-state index contributed by atoms with van der Waals surface area (Å²) in [6.07, 6.45) is 7.96. The molecule has 4 heterocycles. The van der Waals surface area contributed by atoms with Gasteiger partial charge in [0.05, 0.1) is 5.88 Å². The highest BCUT2D eigenvalue weighted by atomic mass is 79.9. The number of H-pyrrole nitrogens is 1. The van der Waals surface area contributed by atoms with E-state index in [9.17, 15) is 0 Å². The fraction of sp³-hybridized carbons (Fsp3) is 0.435. The predicted molar refractivity (Wildman–Crippen MR) is 128 cm³/mol. The van der Waals surface area contributed by atoms with Crippen molar-refractivity contribution in [2.24, 2.45) is 5.92 Å². The summed E-state index contributed by atoms with van der Waals surface area (Å²) in [6.45, 7) is 0.986. The summed E-state index contributed by atoms with van der Waals surface area (Å²) in [7, 11) is 4.14. The summed E-state index contributed by atoms with van der Waals surface area (Å²) in [5.41, 5.74) is 11.8. The van der Waals surface area contributed by atoms with E-state index in [0.717, 1.165) is 29.7 Å². The lowest BCUT2D eigenvalue weighted by atomic mass is 9.67. The number of hydrogen-bond acceptors (Lipinski definition) is 6. The van der Waals surface area contributed by atoms with Gasteiger partial charge in [0, 0.05) is 65.1 Å². The van der Waals surface area contributed by atoms with Crippen LogP contribution in [0.25, 0.3) is 10.9 Å². The van der Waals surface area contributed by atoms with Crippen molar-refractivity contribution in [3.63, 3.8) is 0 Å². The second-order valence-corrected chi connectivity index (χ2v) is 11.1. The molecule has 8 heteroatoms.